The summed E-state index contributed by atoms with van der Waals surface area (Å²) in [5.41, 5.74) is 5.89. The maximum Gasteiger partial charge on any atom is 0.242 e. The van der Waals surface area contributed by atoms with E-state index in [4.69, 9.17) is 0 Å². The van der Waals surface area contributed by atoms with Crippen LogP contribution in [0.5, 0.6) is 0 Å². The van der Waals surface area contributed by atoms with Crippen molar-refractivity contribution in [2.24, 2.45) is 0 Å². The average molecular weight is 342 g/mol. The van der Waals surface area contributed by atoms with Crippen LogP contribution >= 0.6 is 0 Å². The van der Waals surface area contributed by atoms with Crippen LogP contribution in [0.25, 0.3) is 0 Å². The van der Waals surface area contributed by atoms with Gasteiger partial charge >= 0.3 is 0 Å². The van der Waals surface area contributed by atoms with Crippen molar-refractivity contribution in [2.45, 2.75) is 0 Å². The molecule has 0 aromatic heterocycles. The molecule has 126 valence electrons. The van der Waals surface area contributed by atoms with Crippen molar-refractivity contribution in [3.05, 3.63) is 126 Å². The van der Waals surface area contributed by atoms with E-state index in [0.29, 0.717) is 0 Å². The first kappa shape index (κ1) is 16.9. The van der Waals surface area contributed by atoms with Gasteiger partial charge in [0, 0.05) is 11.1 Å². The molecule has 0 N–H and O–H groups in total. The summed E-state index contributed by atoms with van der Waals surface area (Å²) in [6.07, 6.45) is 0. The van der Waals surface area contributed by atoms with Gasteiger partial charge in [0.2, 0.25) is 6.71 Å². The van der Waals surface area contributed by atoms with E-state index < -0.39 is 0 Å². The SMILES string of the molecule is C(#Cc1ccccc1B(c1ccccc1)c1ccccc1)c1ccccc1. The molecule has 0 unspecified atom stereocenters. The molecular formula is C26H19B. The smallest absolute Gasteiger partial charge is 0.0686 e. The van der Waals surface area contributed by atoms with Gasteiger partial charge in [0.15, 0.2) is 0 Å². The Bertz CT molecular complexity index is 1020. The maximum atomic E-state index is 3.40. The topological polar surface area (TPSA) is 0 Å². The molecule has 0 spiro atoms. The van der Waals surface area contributed by atoms with Crippen LogP contribution in [0, 0.1) is 11.8 Å². The van der Waals surface area contributed by atoms with Crippen molar-refractivity contribution >= 4 is 23.1 Å². The van der Waals surface area contributed by atoms with E-state index in [1.165, 1.54) is 16.4 Å². The number of rotatable bonds is 3. The largest absolute Gasteiger partial charge is 0.242 e. The first-order valence-corrected chi connectivity index (χ1v) is 9.18. The highest BCUT2D eigenvalue weighted by Crippen LogP contribution is 2.02. The molecular weight excluding hydrogens is 323 g/mol. The summed E-state index contributed by atoms with van der Waals surface area (Å²) in [4.78, 5) is 0. The van der Waals surface area contributed by atoms with Gasteiger partial charge in [-0.3, -0.25) is 0 Å². The van der Waals surface area contributed by atoms with E-state index in [1.807, 2.05) is 30.3 Å². The Morgan fingerprint density at radius 2 is 0.926 bits per heavy atom. The molecule has 0 nitrogen and oxygen atoms in total. The molecule has 0 radical (unpaired) electrons. The van der Waals surface area contributed by atoms with Crippen LogP contribution in [0.4, 0.5) is 0 Å². The van der Waals surface area contributed by atoms with E-state index >= 15 is 0 Å². The molecule has 0 aliphatic carbocycles. The van der Waals surface area contributed by atoms with Gasteiger partial charge in [0.05, 0.1) is 0 Å². The van der Waals surface area contributed by atoms with Crippen LogP contribution in [-0.2, 0) is 0 Å². The molecule has 0 saturated carbocycles. The van der Waals surface area contributed by atoms with Crippen molar-refractivity contribution in [2.75, 3.05) is 0 Å². The Hall–Kier alpha value is -3.50. The van der Waals surface area contributed by atoms with Gasteiger partial charge in [-0.15, -0.1) is 0 Å². The lowest BCUT2D eigenvalue weighted by molar-refractivity contribution is 1.64. The molecule has 0 saturated heterocycles. The van der Waals surface area contributed by atoms with Crippen molar-refractivity contribution in [3.63, 3.8) is 0 Å². The van der Waals surface area contributed by atoms with Crippen LogP contribution in [-0.4, -0.2) is 6.71 Å². The molecule has 4 aromatic carbocycles. The third kappa shape index (κ3) is 4.02. The van der Waals surface area contributed by atoms with E-state index in [2.05, 4.69) is 96.8 Å². The quantitative estimate of drug-likeness (QED) is 0.394. The van der Waals surface area contributed by atoms with Gasteiger partial charge in [-0.1, -0.05) is 125 Å². The molecule has 0 fully saturated rings. The number of hydrogen-bond acceptors (Lipinski definition) is 0. The predicted molar refractivity (Wildman–Crippen MR) is 116 cm³/mol. The second kappa shape index (κ2) is 8.26. The average Bonchev–Trinajstić information content (AvgIpc) is 2.76. The molecule has 0 atom stereocenters. The summed E-state index contributed by atoms with van der Waals surface area (Å²) in [7, 11) is 0. The summed E-state index contributed by atoms with van der Waals surface area (Å²) >= 11 is 0. The van der Waals surface area contributed by atoms with Crippen LogP contribution in [0.3, 0.4) is 0 Å². The van der Waals surface area contributed by atoms with E-state index in [9.17, 15) is 0 Å². The highest BCUT2D eigenvalue weighted by atomic mass is 14.0. The standard InChI is InChI=1S/C26H19B/c1-4-12-22(13-5-1)20-21-23-14-10-11-19-26(23)27(24-15-6-2-7-16-24)25-17-8-3-9-18-25/h1-19H. The molecule has 0 amide bonds. The molecule has 4 aromatic rings. The first-order valence-electron chi connectivity index (χ1n) is 9.18. The number of hydrogen-bond donors (Lipinski definition) is 0. The molecule has 0 aliphatic rings. The zero-order valence-corrected chi connectivity index (χ0v) is 15.0. The van der Waals surface area contributed by atoms with Gasteiger partial charge in [0.25, 0.3) is 0 Å². The summed E-state index contributed by atoms with van der Waals surface area (Å²) in [6, 6.07) is 39.9. The zero-order chi connectivity index (χ0) is 18.3. The van der Waals surface area contributed by atoms with Gasteiger partial charge in [0.1, 0.15) is 0 Å². The highest BCUT2D eigenvalue weighted by Gasteiger charge is 2.23. The second-order valence-electron chi connectivity index (χ2n) is 6.46. The highest BCUT2D eigenvalue weighted by molar-refractivity contribution is 6.95. The first-order chi connectivity index (χ1) is 13.4. The normalized spacial score (nSPS) is 9.93. The summed E-state index contributed by atoms with van der Waals surface area (Å²) in [6.45, 7) is 0.161. The van der Waals surface area contributed by atoms with Crippen LogP contribution in [0.2, 0.25) is 0 Å². The summed E-state index contributed by atoms with van der Waals surface area (Å²) in [5, 5.41) is 0. The Labute approximate surface area is 161 Å². The molecule has 27 heavy (non-hydrogen) atoms. The van der Waals surface area contributed by atoms with E-state index in [-0.39, 0.29) is 6.71 Å². The van der Waals surface area contributed by atoms with Crippen LogP contribution in [0.15, 0.2) is 115 Å². The molecule has 0 aliphatic heterocycles. The summed E-state index contributed by atoms with van der Waals surface area (Å²) < 4.78 is 0. The van der Waals surface area contributed by atoms with Crippen LogP contribution in [0.1, 0.15) is 11.1 Å². The molecule has 4 rings (SSSR count). The van der Waals surface area contributed by atoms with Gasteiger partial charge in [-0.25, -0.2) is 0 Å². The van der Waals surface area contributed by atoms with Crippen molar-refractivity contribution in [3.8, 4) is 11.8 Å². The minimum atomic E-state index is 0.161. The maximum absolute atomic E-state index is 3.40. The third-order valence-corrected chi connectivity index (χ3v) is 4.65. The fraction of sp³-hybridized carbons (Fsp3) is 0. The van der Waals surface area contributed by atoms with E-state index in [1.54, 1.807) is 0 Å². The van der Waals surface area contributed by atoms with E-state index in [0.717, 1.165) is 11.1 Å². The second-order valence-corrected chi connectivity index (χ2v) is 6.46. The van der Waals surface area contributed by atoms with Crippen molar-refractivity contribution in [1.82, 2.24) is 0 Å². The lowest BCUT2D eigenvalue weighted by Crippen LogP contribution is -2.52. The Morgan fingerprint density at radius 3 is 1.52 bits per heavy atom. The minimum Gasteiger partial charge on any atom is -0.0686 e. The van der Waals surface area contributed by atoms with Gasteiger partial charge < -0.3 is 0 Å². The lowest BCUT2D eigenvalue weighted by Gasteiger charge is -2.17. The minimum absolute atomic E-state index is 0.161. The molecule has 0 heterocycles. The Kier molecular flexibility index (Phi) is 5.18. The monoisotopic (exact) mass is 342 g/mol. The molecule has 0 bridgehead atoms. The van der Waals surface area contributed by atoms with Gasteiger partial charge in [-0.05, 0) is 18.2 Å². The van der Waals surface area contributed by atoms with Crippen LogP contribution < -0.4 is 16.4 Å². The van der Waals surface area contributed by atoms with Crippen molar-refractivity contribution in [1.29, 1.82) is 0 Å². The molecule has 1 heteroatoms. The zero-order valence-electron chi connectivity index (χ0n) is 15.0. The predicted octanol–water partition coefficient (Wildman–Crippen LogP) is 3.60. The Balaban J connectivity index is 1.83. The fourth-order valence-electron chi connectivity index (χ4n) is 3.37. The Morgan fingerprint density at radius 1 is 0.444 bits per heavy atom. The number of benzene rings is 4. The van der Waals surface area contributed by atoms with Gasteiger partial charge in [-0.2, -0.15) is 0 Å². The third-order valence-electron chi connectivity index (χ3n) is 4.65. The fourth-order valence-corrected chi connectivity index (χ4v) is 3.37. The van der Waals surface area contributed by atoms with Crippen molar-refractivity contribution < 1.29 is 0 Å². The summed E-state index contributed by atoms with van der Waals surface area (Å²) in [5.74, 6) is 6.71. The lowest BCUT2D eigenvalue weighted by atomic mass is 9.36.